The van der Waals surface area contributed by atoms with E-state index in [0.29, 0.717) is 12.2 Å². The lowest BCUT2D eigenvalue weighted by atomic mass is 10.1. The summed E-state index contributed by atoms with van der Waals surface area (Å²) in [5, 5.41) is 0. The van der Waals surface area contributed by atoms with Gasteiger partial charge in [-0.15, -0.1) is 0 Å². The maximum Gasteiger partial charge on any atom is 0.416 e. The van der Waals surface area contributed by atoms with Crippen molar-refractivity contribution in [3.8, 4) is 0 Å². The highest BCUT2D eigenvalue weighted by molar-refractivity contribution is 5.70. The molecule has 0 saturated heterocycles. The van der Waals surface area contributed by atoms with E-state index in [1.807, 2.05) is 10.6 Å². The van der Waals surface area contributed by atoms with Gasteiger partial charge in [-0.3, -0.25) is 0 Å². The summed E-state index contributed by atoms with van der Waals surface area (Å²) < 4.78 is 39.3. The van der Waals surface area contributed by atoms with Gasteiger partial charge in [-0.05, 0) is 29.8 Å². The molecule has 0 radical (unpaired) electrons. The van der Waals surface area contributed by atoms with Gasteiger partial charge in [-0.2, -0.15) is 13.2 Å². The first kappa shape index (κ1) is 12.7. The monoisotopic (exact) mass is 277 g/mol. The van der Waals surface area contributed by atoms with Gasteiger partial charge in [-0.1, -0.05) is 12.1 Å². The molecule has 0 aliphatic carbocycles. The third-order valence-electron chi connectivity index (χ3n) is 3.03. The molecular formula is C14H10F3N3. The number of aromatic nitrogens is 3. The number of imidazole rings is 1. The zero-order chi connectivity index (χ0) is 14.2. The fraction of sp³-hybridized carbons (Fsp3) is 0.143. The van der Waals surface area contributed by atoms with Gasteiger partial charge < -0.3 is 4.57 Å². The van der Waals surface area contributed by atoms with Crippen molar-refractivity contribution >= 4 is 11.2 Å². The molecule has 0 saturated carbocycles. The molecule has 3 rings (SSSR count). The summed E-state index contributed by atoms with van der Waals surface area (Å²) in [6.45, 7) is 0.459. The molecular weight excluding hydrogens is 267 g/mol. The second-order valence-electron chi connectivity index (χ2n) is 4.41. The fourth-order valence-electron chi connectivity index (χ4n) is 2.02. The Morgan fingerprint density at radius 3 is 2.45 bits per heavy atom. The number of benzene rings is 1. The molecule has 0 spiro atoms. The van der Waals surface area contributed by atoms with Crippen LogP contribution in [-0.4, -0.2) is 14.5 Å². The van der Waals surface area contributed by atoms with Gasteiger partial charge in [0.1, 0.15) is 0 Å². The van der Waals surface area contributed by atoms with Crippen molar-refractivity contribution in [1.82, 2.24) is 14.5 Å². The Hall–Kier alpha value is -2.37. The molecule has 1 aromatic carbocycles. The minimum atomic E-state index is -4.30. The van der Waals surface area contributed by atoms with E-state index in [1.165, 1.54) is 12.1 Å². The molecule has 2 aromatic heterocycles. The van der Waals surface area contributed by atoms with Gasteiger partial charge in [-0.25, -0.2) is 9.97 Å². The van der Waals surface area contributed by atoms with Gasteiger partial charge >= 0.3 is 6.18 Å². The highest BCUT2D eigenvalue weighted by Crippen LogP contribution is 2.29. The Bertz CT molecular complexity index is 729. The standard InChI is InChI=1S/C14H10F3N3/c15-14(16,17)11-5-3-10(4-6-11)8-20-9-19-13-12(20)2-1-7-18-13/h1-7,9H,8H2. The lowest BCUT2D eigenvalue weighted by Crippen LogP contribution is -2.05. The van der Waals surface area contributed by atoms with E-state index in [9.17, 15) is 13.2 Å². The number of nitrogens with zero attached hydrogens (tertiary/aromatic N) is 3. The van der Waals surface area contributed by atoms with Crippen molar-refractivity contribution in [3.05, 3.63) is 60.0 Å². The predicted molar refractivity (Wildman–Crippen MR) is 68.1 cm³/mol. The molecule has 3 nitrogen and oxygen atoms in total. The molecule has 0 aliphatic heterocycles. The molecule has 2 heterocycles. The first-order chi connectivity index (χ1) is 9.54. The van der Waals surface area contributed by atoms with Gasteiger partial charge in [0, 0.05) is 12.7 Å². The average Bonchev–Trinajstić information content (AvgIpc) is 2.82. The van der Waals surface area contributed by atoms with Gasteiger partial charge in [0.2, 0.25) is 0 Å². The zero-order valence-corrected chi connectivity index (χ0v) is 10.3. The minimum Gasteiger partial charge on any atom is -0.325 e. The van der Waals surface area contributed by atoms with Crippen LogP contribution in [0.4, 0.5) is 13.2 Å². The van der Waals surface area contributed by atoms with Crippen LogP contribution in [0.15, 0.2) is 48.9 Å². The van der Waals surface area contributed by atoms with Crippen LogP contribution < -0.4 is 0 Å². The summed E-state index contributed by atoms with van der Waals surface area (Å²) in [5.74, 6) is 0. The highest BCUT2D eigenvalue weighted by atomic mass is 19.4. The molecule has 20 heavy (non-hydrogen) atoms. The second-order valence-corrected chi connectivity index (χ2v) is 4.41. The molecule has 0 atom stereocenters. The Morgan fingerprint density at radius 2 is 1.75 bits per heavy atom. The summed E-state index contributed by atoms with van der Waals surface area (Å²) >= 11 is 0. The summed E-state index contributed by atoms with van der Waals surface area (Å²) in [7, 11) is 0. The normalized spacial score (nSPS) is 11.9. The lowest BCUT2D eigenvalue weighted by Gasteiger charge is -2.08. The zero-order valence-electron chi connectivity index (χ0n) is 10.3. The average molecular weight is 277 g/mol. The van der Waals surface area contributed by atoms with Crippen LogP contribution in [0.5, 0.6) is 0 Å². The van der Waals surface area contributed by atoms with Gasteiger partial charge in [0.25, 0.3) is 0 Å². The van der Waals surface area contributed by atoms with Crippen LogP contribution in [-0.2, 0) is 12.7 Å². The van der Waals surface area contributed by atoms with Crippen molar-refractivity contribution in [2.75, 3.05) is 0 Å². The number of rotatable bonds is 2. The molecule has 0 amide bonds. The van der Waals surface area contributed by atoms with Crippen LogP contribution in [0.25, 0.3) is 11.2 Å². The number of fused-ring (bicyclic) bond motifs is 1. The van der Waals surface area contributed by atoms with E-state index in [0.717, 1.165) is 23.2 Å². The summed E-state index contributed by atoms with van der Waals surface area (Å²) in [4.78, 5) is 8.25. The number of hydrogen-bond donors (Lipinski definition) is 0. The highest BCUT2D eigenvalue weighted by Gasteiger charge is 2.29. The maximum absolute atomic E-state index is 12.5. The molecule has 0 fully saturated rings. The van der Waals surface area contributed by atoms with Crippen LogP contribution >= 0.6 is 0 Å². The quantitative estimate of drug-likeness (QED) is 0.717. The third-order valence-corrected chi connectivity index (χ3v) is 3.03. The second kappa shape index (κ2) is 4.63. The van der Waals surface area contributed by atoms with Gasteiger partial charge in [0.05, 0.1) is 17.4 Å². The van der Waals surface area contributed by atoms with Crippen LogP contribution in [0.3, 0.4) is 0 Å². The van der Waals surface area contributed by atoms with Crippen molar-refractivity contribution in [3.63, 3.8) is 0 Å². The first-order valence-corrected chi connectivity index (χ1v) is 5.96. The smallest absolute Gasteiger partial charge is 0.325 e. The predicted octanol–water partition coefficient (Wildman–Crippen LogP) is 3.50. The van der Waals surface area contributed by atoms with E-state index >= 15 is 0 Å². The largest absolute Gasteiger partial charge is 0.416 e. The molecule has 0 unspecified atom stereocenters. The maximum atomic E-state index is 12.5. The fourth-order valence-corrected chi connectivity index (χ4v) is 2.02. The van der Waals surface area contributed by atoms with E-state index in [4.69, 9.17) is 0 Å². The Balaban J connectivity index is 1.88. The SMILES string of the molecule is FC(F)(F)c1ccc(Cn2cnc3ncccc32)cc1. The summed E-state index contributed by atoms with van der Waals surface area (Å²) in [6.07, 6.45) is -1.02. The molecule has 3 aromatic rings. The number of halogens is 3. The van der Waals surface area contributed by atoms with Crippen LogP contribution in [0, 0.1) is 0 Å². The number of pyridine rings is 1. The van der Waals surface area contributed by atoms with Crippen LogP contribution in [0.2, 0.25) is 0 Å². The van der Waals surface area contributed by atoms with Crippen LogP contribution in [0.1, 0.15) is 11.1 Å². The molecule has 0 bridgehead atoms. The van der Waals surface area contributed by atoms with E-state index < -0.39 is 11.7 Å². The van der Waals surface area contributed by atoms with Crippen molar-refractivity contribution in [2.45, 2.75) is 12.7 Å². The van der Waals surface area contributed by atoms with Crippen molar-refractivity contribution in [1.29, 1.82) is 0 Å². The van der Waals surface area contributed by atoms with Gasteiger partial charge in [0.15, 0.2) is 5.65 Å². The van der Waals surface area contributed by atoms with Crippen molar-refractivity contribution in [2.24, 2.45) is 0 Å². The Kier molecular flexibility index (Phi) is 2.93. The molecule has 0 N–H and O–H groups in total. The third kappa shape index (κ3) is 2.36. The molecule has 0 aliphatic rings. The Morgan fingerprint density at radius 1 is 1.00 bits per heavy atom. The molecule has 102 valence electrons. The minimum absolute atomic E-state index is 0.459. The lowest BCUT2D eigenvalue weighted by molar-refractivity contribution is -0.137. The van der Waals surface area contributed by atoms with Crippen molar-refractivity contribution < 1.29 is 13.2 Å². The topological polar surface area (TPSA) is 30.7 Å². The molecule has 6 heteroatoms. The number of hydrogen-bond acceptors (Lipinski definition) is 2. The van der Waals surface area contributed by atoms with E-state index in [2.05, 4.69) is 9.97 Å². The first-order valence-electron chi connectivity index (χ1n) is 5.96. The summed E-state index contributed by atoms with van der Waals surface area (Å²) in [6, 6.07) is 8.81. The van der Waals surface area contributed by atoms with E-state index in [1.54, 1.807) is 18.6 Å². The number of alkyl halides is 3. The Labute approximate surface area is 112 Å². The van der Waals surface area contributed by atoms with E-state index in [-0.39, 0.29) is 0 Å². The summed E-state index contributed by atoms with van der Waals surface area (Å²) in [5.41, 5.74) is 1.62.